The number of thioether (sulfide) groups is 1. The zero-order valence-corrected chi connectivity index (χ0v) is 16.2. The molecule has 2 aromatic rings. The molecule has 0 atom stereocenters. The largest absolute Gasteiger partial charge is 0.290 e. The molecule has 0 N–H and O–H groups in total. The number of benzene rings is 2. The monoisotopic (exact) mass is 369 g/mol. The maximum absolute atomic E-state index is 11.9. The van der Waals surface area contributed by atoms with E-state index in [9.17, 15) is 10.1 Å². The summed E-state index contributed by atoms with van der Waals surface area (Å²) in [6.07, 6.45) is 7.35. The van der Waals surface area contributed by atoms with Crippen molar-refractivity contribution in [2.45, 2.75) is 45.4 Å². The summed E-state index contributed by atoms with van der Waals surface area (Å²) in [5.41, 5.74) is 1.78. The Balaban J connectivity index is 2.19. The summed E-state index contributed by atoms with van der Waals surface area (Å²) in [5.74, 6) is 0.903. The van der Waals surface area contributed by atoms with Gasteiger partial charge in [-0.05, 0) is 29.9 Å². The third kappa shape index (κ3) is 6.34. The summed E-state index contributed by atoms with van der Waals surface area (Å²) in [4.78, 5) is 12.4. The Hall–Kier alpha value is -2.07. The summed E-state index contributed by atoms with van der Waals surface area (Å²) in [6.45, 7) is 2.22. The van der Waals surface area contributed by atoms with Gasteiger partial charge in [0.15, 0.2) is 0 Å². The Kier molecular flexibility index (Phi) is 8.98. The molecule has 138 valence electrons. The first-order valence-corrected chi connectivity index (χ1v) is 10.3. The predicted octanol–water partition coefficient (Wildman–Crippen LogP) is 6.88. The van der Waals surface area contributed by atoms with Crippen LogP contribution in [0.3, 0.4) is 0 Å². The van der Waals surface area contributed by atoms with Crippen LogP contribution in [-0.2, 0) is 0 Å². The summed E-state index contributed by atoms with van der Waals surface area (Å²) >= 11 is 1.61. The fourth-order valence-corrected chi connectivity index (χ4v) is 4.03. The van der Waals surface area contributed by atoms with E-state index in [2.05, 4.69) is 6.92 Å². The quantitative estimate of drug-likeness (QED) is 0.188. The highest BCUT2D eigenvalue weighted by Crippen LogP contribution is 2.36. The molecule has 0 spiro atoms. The van der Waals surface area contributed by atoms with Gasteiger partial charge in [-0.1, -0.05) is 87.6 Å². The number of rotatable bonds is 11. The van der Waals surface area contributed by atoms with Gasteiger partial charge < -0.3 is 0 Å². The molecule has 4 heteroatoms. The molecule has 0 aliphatic carbocycles. The summed E-state index contributed by atoms with van der Waals surface area (Å²) < 4.78 is 0. The van der Waals surface area contributed by atoms with Crippen LogP contribution in [0.15, 0.2) is 60.7 Å². The lowest BCUT2D eigenvalue weighted by Crippen LogP contribution is -2.01. The molecule has 0 bridgehead atoms. The molecule has 2 aromatic carbocycles. The van der Waals surface area contributed by atoms with Crippen LogP contribution in [0.1, 0.15) is 56.6 Å². The van der Waals surface area contributed by atoms with Crippen molar-refractivity contribution >= 4 is 22.4 Å². The zero-order valence-electron chi connectivity index (χ0n) is 15.4. The van der Waals surface area contributed by atoms with Crippen molar-refractivity contribution in [1.82, 2.24) is 0 Å². The Morgan fingerprint density at radius 1 is 0.846 bits per heavy atom. The molecule has 0 aromatic heterocycles. The Bertz CT molecular complexity index is 699. The predicted molar refractivity (Wildman–Crippen MR) is 113 cm³/mol. The van der Waals surface area contributed by atoms with Crippen LogP contribution >= 0.6 is 11.8 Å². The van der Waals surface area contributed by atoms with E-state index in [0.29, 0.717) is 5.56 Å². The minimum absolute atomic E-state index is 0.202. The molecule has 0 radical (unpaired) electrons. The van der Waals surface area contributed by atoms with Crippen molar-refractivity contribution in [1.29, 1.82) is 0 Å². The molecule has 0 aliphatic rings. The number of hydrogen-bond donors (Lipinski definition) is 0. The maximum atomic E-state index is 11.9. The van der Waals surface area contributed by atoms with E-state index in [0.717, 1.165) is 22.6 Å². The molecular weight excluding hydrogens is 342 g/mol. The lowest BCUT2D eigenvalue weighted by molar-refractivity contribution is -0.374. The fraction of sp³-hybridized carbons (Fsp3) is 0.364. The molecule has 3 nitrogen and oxygen atoms in total. The highest BCUT2D eigenvalue weighted by molar-refractivity contribution is 8.08. The van der Waals surface area contributed by atoms with Crippen molar-refractivity contribution in [2.75, 3.05) is 5.75 Å². The van der Waals surface area contributed by atoms with E-state index in [-0.39, 0.29) is 10.6 Å². The molecule has 0 amide bonds. The van der Waals surface area contributed by atoms with E-state index in [1.54, 1.807) is 11.8 Å². The second-order valence-corrected chi connectivity index (χ2v) is 7.39. The zero-order chi connectivity index (χ0) is 18.6. The van der Waals surface area contributed by atoms with Crippen molar-refractivity contribution in [2.24, 2.45) is 0 Å². The molecule has 0 saturated carbocycles. The van der Waals surface area contributed by atoms with Crippen molar-refractivity contribution in [3.63, 3.8) is 0 Å². The Morgan fingerprint density at radius 3 is 1.96 bits per heavy atom. The topological polar surface area (TPSA) is 43.1 Å². The molecule has 26 heavy (non-hydrogen) atoms. The first kappa shape index (κ1) is 20.2. The molecule has 0 aliphatic heterocycles. The fourth-order valence-electron chi connectivity index (χ4n) is 2.85. The average Bonchev–Trinajstić information content (AvgIpc) is 2.67. The first-order chi connectivity index (χ1) is 12.7. The van der Waals surface area contributed by atoms with E-state index < -0.39 is 0 Å². The smallest absolute Gasteiger partial charge is 0.258 e. The number of hydrogen-bond acceptors (Lipinski definition) is 3. The van der Waals surface area contributed by atoms with Gasteiger partial charge in [0.1, 0.15) is 0 Å². The maximum Gasteiger partial charge on any atom is 0.290 e. The minimum atomic E-state index is -0.244. The van der Waals surface area contributed by atoms with E-state index in [4.69, 9.17) is 0 Å². The van der Waals surface area contributed by atoms with Gasteiger partial charge in [0.05, 0.1) is 15.4 Å². The number of nitro groups is 1. The van der Waals surface area contributed by atoms with Crippen molar-refractivity contribution in [3.05, 3.63) is 81.9 Å². The van der Waals surface area contributed by atoms with Crippen molar-refractivity contribution < 1.29 is 4.92 Å². The van der Waals surface area contributed by atoms with Gasteiger partial charge >= 0.3 is 0 Å². The van der Waals surface area contributed by atoms with Gasteiger partial charge in [0.2, 0.25) is 0 Å². The third-order valence-corrected chi connectivity index (χ3v) is 5.44. The second-order valence-electron chi connectivity index (χ2n) is 6.28. The van der Waals surface area contributed by atoms with Crippen molar-refractivity contribution in [3.8, 4) is 0 Å². The number of unbranched alkanes of at least 4 members (excludes halogenated alkanes) is 5. The lowest BCUT2D eigenvalue weighted by atomic mass is 10.1. The second kappa shape index (κ2) is 11.5. The van der Waals surface area contributed by atoms with Crippen LogP contribution in [0.4, 0.5) is 0 Å². The standard InChI is InChI=1S/C22H27NO2S/c1-2-3-4-5-6-13-18-26-22(20-16-11-8-12-17-20)21(23(24)25)19-14-9-7-10-15-19/h7-12,14-17H,2-6,13,18H2,1H3/b22-21+. The van der Waals surface area contributed by atoms with Crippen LogP contribution in [0, 0.1) is 10.1 Å². The molecule has 0 saturated heterocycles. The Labute approximate surface area is 160 Å². The van der Waals surface area contributed by atoms with Crippen LogP contribution in [-0.4, -0.2) is 10.7 Å². The van der Waals surface area contributed by atoms with E-state index >= 15 is 0 Å². The average molecular weight is 370 g/mol. The van der Waals surface area contributed by atoms with Gasteiger partial charge in [0, 0.05) is 0 Å². The van der Waals surface area contributed by atoms with Crippen LogP contribution < -0.4 is 0 Å². The Morgan fingerprint density at radius 2 is 1.38 bits per heavy atom. The lowest BCUT2D eigenvalue weighted by Gasteiger charge is -2.10. The van der Waals surface area contributed by atoms with Gasteiger partial charge in [-0.25, -0.2) is 0 Å². The van der Waals surface area contributed by atoms with Gasteiger partial charge in [0.25, 0.3) is 5.70 Å². The van der Waals surface area contributed by atoms with Gasteiger partial charge in [-0.15, -0.1) is 11.8 Å². The number of nitrogens with zero attached hydrogens (tertiary/aromatic N) is 1. The minimum Gasteiger partial charge on any atom is -0.258 e. The molecule has 0 heterocycles. The van der Waals surface area contributed by atoms with E-state index in [1.165, 1.54) is 32.1 Å². The molecule has 2 rings (SSSR count). The normalized spacial score (nSPS) is 11.9. The SMILES string of the molecule is CCCCCCCCS/C(=C(\c1ccccc1)[N+](=O)[O-])c1ccccc1. The summed E-state index contributed by atoms with van der Waals surface area (Å²) in [7, 11) is 0. The van der Waals surface area contributed by atoms with E-state index in [1.807, 2.05) is 60.7 Å². The van der Waals surface area contributed by atoms with Gasteiger partial charge in [-0.3, -0.25) is 10.1 Å². The summed E-state index contributed by atoms with van der Waals surface area (Å²) in [5, 5.41) is 11.9. The summed E-state index contributed by atoms with van der Waals surface area (Å²) in [6, 6.07) is 18.9. The first-order valence-electron chi connectivity index (χ1n) is 9.36. The van der Waals surface area contributed by atoms with Crippen LogP contribution in [0.5, 0.6) is 0 Å². The molecule has 0 unspecified atom stereocenters. The molecule has 0 fully saturated rings. The highest BCUT2D eigenvalue weighted by Gasteiger charge is 2.22. The third-order valence-electron chi connectivity index (χ3n) is 4.23. The highest BCUT2D eigenvalue weighted by atomic mass is 32.2. The van der Waals surface area contributed by atoms with Crippen LogP contribution in [0.25, 0.3) is 10.6 Å². The van der Waals surface area contributed by atoms with Gasteiger partial charge in [-0.2, -0.15) is 0 Å². The molecular formula is C22H27NO2S. The van der Waals surface area contributed by atoms with Crippen LogP contribution in [0.2, 0.25) is 0 Å².